The summed E-state index contributed by atoms with van der Waals surface area (Å²) in [4.78, 5) is 12.2. The lowest BCUT2D eigenvalue weighted by Crippen LogP contribution is -2.11. The van der Waals surface area contributed by atoms with Gasteiger partial charge in [-0.05, 0) is 30.7 Å². The second-order valence-corrected chi connectivity index (χ2v) is 5.16. The van der Waals surface area contributed by atoms with E-state index in [1.807, 2.05) is 38.1 Å². The van der Waals surface area contributed by atoms with E-state index in [4.69, 9.17) is 4.74 Å². The van der Waals surface area contributed by atoms with Crippen LogP contribution in [0.5, 0.6) is 5.75 Å². The molecular weight excluding hydrogens is 282 g/mol. The summed E-state index contributed by atoms with van der Waals surface area (Å²) in [7, 11) is 5.55. The van der Waals surface area contributed by atoms with E-state index in [9.17, 15) is 10.1 Å². The SMILES string of the molecule is COc1cc(Nc2ccc([N+](=O)[O-])cc2)c(C)cc1N(C)C. The second kappa shape index (κ2) is 6.34. The van der Waals surface area contributed by atoms with E-state index in [0.29, 0.717) is 0 Å². The van der Waals surface area contributed by atoms with Crippen molar-refractivity contribution < 1.29 is 9.66 Å². The summed E-state index contributed by atoms with van der Waals surface area (Å²) in [5.41, 5.74) is 3.81. The Morgan fingerprint density at radius 1 is 1.18 bits per heavy atom. The van der Waals surface area contributed by atoms with Crippen molar-refractivity contribution in [1.82, 2.24) is 0 Å². The zero-order valence-electron chi connectivity index (χ0n) is 13.1. The third kappa shape index (κ3) is 3.28. The first kappa shape index (κ1) is 15.6. The van der Waals surface area contributed by atoms with Crippen molar-refractivity contribution in [3.63, 3.8) is 0 Å². The Kier molecular flexibility index (Phi) is 4.50. The number of nitrogens with zero attached hydrogens (tertiary/aromatic N) is 2. The van der Waals surface area contributed by atoms with Crippen molar-refractivity contribution in [3.05, 3.63) is 52.1 Å². The van der Waals surface area contributed by atoms with Crippen LogP contribution < -0.4 is 15.0 Å². The number of aryl methyl sites for hydroxylation is 1. The van der Waals surface area contributed by atoms with Gasteiger partial charge in [0, 0.05) is 43.7 Å². The van der Waals surface area contributed by atoms with Gasteiger partial charge in [-0.15, -0.1) is 0 Å². The third-order valence-electron chi connectivity index (χ3n) is 3.36. The zero-order chi connectivity index (χ0) is 16.3. The van der Waals surface area contributed by atoms with Crippen molar-refractivity contribution in [3.8, 4) is 5.75 Å². The van der Waals surface area contributed by atoms with Gasteiger partial charge in [-0.3, -0.25) is 10.1 Å². The Morgan fingerprint density at radius 3 is 2.32 bits per heavy atom. The van der Waals surface area contributed by atoms with Gasteiger partial charge < -0.3 is 15.0 Å². The molecule has 0 aliphatic rings. The topological polar surface area (TPSA) is 67.6 Å². The lowest BCUT2D eigenvalue weighted by atomic mass is 10.1. The molecule has 0 aliphatic heterocycles. The molecule has 1 N–H and O–H groups in total. The molecule has 0 unspecified atom stereocenters. The molecule has 2 aromatic carbocycles. The monoisotopic (exact) mass is 301 g/mol. The zero-order valence-corrected chi connectivity index (χ0v) is 13.1. The number of methoxy groups -OCH3 is 1. The molecule has 6 heteroatoms. The average molecular weight is 301 g/mol. The van der Waals surface area contributed by atoms with Crippen LogP contribution in [0.1, 0.15) is 5.56 Å². The van der Waals surface area contributed by atoms with Crippen LogP contribution in [0.2, 0.25) is 0 Å². The van der Waals surface area contributed by atoms with Crippen molar-refractivity contribution in [1.29, 1.82) is 0 Å². The Morgan fingerprint density at radius 2 is 1.82 bits per heavy atom. The highest BCUT2D eigenvalue weighted by atomic mass is 16.6. The van der Waals surface area contributed by atoms with E-state index in [1.54, 1.807) is 19.2 Å². The number of nitrogens with one attached hydrogen (secondary N) is 1. The van der Waals surface area contributed by atoms with Crippen LogP contribution in [0, 0.1) is 17.0 Å². The molecule has 0 heterocycles. The summed E-state index contributed by atoms with van der Waals surface area (Å²) in [6.07, 6.45) is 0. The van der Waals surface area contributed by atoms with Crippen molar-refractivity contribution >= 4 is 22.7 Å². The molecule has 0 radical (unpaired) electrons. The second-order valence-electron chi connectivity index (χ2n) is 5.16. The standard InChI is InChI=1S/C16H19N3O3/c1-11-9-15(18(2)3)16(22-4)10-14(11)17-12-5-7-13(8-6-12)19(20)21/h5-10,17H,1-4H3. The summed E-state index contributed by atoms with van der Waals surface area (Å²) in [6, 6.07) is 10.3. The number of nitro benzene ring substituents is 1. The van der Waals surface area contributed by atoms with Crippen LogP contribution in [0.15, 0.2) is 36.4 Å². The van der Waals surface area contributed by atoms with Gasteiger partial charge in [-0.1, -0.05) is 0 Å². The van der Waals surface area contributed by atoms with Gasteiger partial charge in [0.2, 0.25) is 0 Å². The van der Waals surface area contributed by atoms with E-state index in [0.717, 1.165) is 28.4 Å². The molecule has 0 atom stereocenters. The maximum atomic E-state index is 10.7. The molecule has 2 aromatic rings. The number of anilines is 3. The fourth-order valence-electron chi connectivity index (χ4n) is 2.14. The first-order chi connectivity index (χ1) is 10.4. The molecule has 0 saturated carbocycles. The number of benzene rings is 2. The summed E-state index contributed by atoms with van der Waals surface area (Å²) in [5.74, 6) is 0.764. The van der Waals surface area contributed by atoms with Gasteiger partial charge in [0.05, 0.1) is 17.7 Å². The van der Waals surface area contributed by atoms with E-state index in [1.165, 1.54) is 12.1 Å². The summed E-state index contributed by atoms with van der Waals surface area (Å²) >= 11 is 0. The molecule has 0 aliphatic carbocycles. The third-order valence-corrected chi connectivity index (χ3v) is 3.36. The minimum atomic E-state index is -0.413. The predicted octanol–water partition coefficient (Wildman–Crippen LogP) is 3.72. The summed E-state index contributed by atoms with van der Waals surface area (Å²) in [6.45, 7) is 2.00. The van der Waals surface area contributed by atoms with Crippen LogP contribution in [0.25, 0.3) is 0 Å². The molecule has 0 amide bonds. The quantitative estimate of drug-likeness (QED) is 0.673. The minimum absolute atomic E-state index is 0.0720. The van der Waals surface area contributed by atoms with Crippen LogP contribution >= 0.6 is 0 Å². The van der Waals surface area contributed by atoms with Gasteiger partial charge in [-0.2, -0.15) is 0 Å². The molecule has 116 valence electrons. The van der Waals surface area contributed by atoms with Crippen LogP contribution in [0.3, 0.4) is 0 Å². The highest BCUT2D eigenvalue weighted by Gasteiger charge is 2.10. The Hall–Kier alpha value is -2.76. The summed E-state index contributed by atoms with van der Waals surface area (Å²) in [5, 5.41) is 13.9. The Balaban J connectivity index is 2.31. The molecule has 0 fully saturated rings. The van der Waals surface area contributed by atoms with Crippen molar-refractivity contribution in [2.75, 3.05) is 31.4 Å². The van der Waals surface area contributed by atoms with E-state index < -0.39 is 4.92 Å². The van der Waals surface area contributed by atoms with Gasteiger partial charge in [0.25, 0.3) is 5.69 Å². The maximum Gasteiger partial charge on any atom is 0.269 e. The number of nitro groups is 1. The largest absolute Gasteiger partial charge is 0.495 e. The average Bonchev–Trinajstić information content (AvgIpc) is 2.49. The van der Waals surface area contributed by atoms with Crippen molar-refractivity contribution in [2.24, 2.45) is 0 Å². The van der Waals surface area contributed by atoms with E-state index in [-0.39, 0.29) is 5.69 Å². The molecule has 2 rings (SSSR count). The number of rotatable bonds is 5. The molecular formula is C16H19N3O3. The first-order valence-corrected chi connectivity index (χ1v) is 6.80. The van der Waals surface area contributed by atoms with Gasteiger partial charge in [0.1, 0.15) is 5.75 Å². The number of hydrogen-bond donors (Lipinski definition) is 1. The van der Waals surface area contributed by atoms with Crippen LogP contribution in [-0.2, 0) is 0 Å². The van der Waals surface area contributed by atoms with Crippen molar-refractivity contribution in [2.45, 2.75) is 6.92 Å². The highest BCUT2D eigenvalue weighted by Crippen LogP contribution is 2.34. The molecule has 0 aromatic heterocycles. The first-order valence-electron chi connectivity index (χ1n) is 6.80. The fourth-order valence-corrected chi connectivity index (χ4v) is 2.14. The highest BCUT2D eigenvalue weighted by molar-refractivity contribution is 5.72. The lowest BCUT2D eigenvalue weighted by molar-refractivity contribution is -0.384. The minimum Gasteiger partial charge on any atom is -0.495 e. The lowest BCUT2D eigenvalue weighted by Gasteiger charge is -2.20. The molecule has 0 spiro atoms. The Bertz CT molecular complexity index is 682. The normalized spacial score (nSPS) is 10.2. The van der Waals surface area contributed by atoms with Crippen LogP contribution in [0.4, 0.5) is 22.7 Å². The smallest absolute Gasteiger partial charge is 0.269 e. The maximum absolute atomic E-state index is 10.7. The molecule has 22 heavy (non-hydrogen) atoms. The number of ether oxygens (including phenoxy) is 1. The van der Waals surface area contributed by atoms with Gasteiger partial charge in [0.15, 0.2) is 0 Å². The van der Waals surface area contributed by atoms with Gasteiger partial charge in [-0.25, -0.2) is 0 Å². The molecule has 0 bridgehead atoms. The molecule has 6 nitrogen and oxygen atoms in total. The predicted molar refractivity (Wildman–Crippen MR) is 88.4 cm³/mol. The van der Waals surface area contributed by atoms with Gasteiger partial charge >= 0.3 is 0 Å². The summed E-state index contributed by atoms with van der Waals surface area (Å²) < 4.78 is 5.42. The fraction of sp³-hybridized carbons (Fsp3) is 0.250. The van der Waals surface area contributed by atoms with E-state index in [2.05, 4.69) is 5.32 Å². The Labute approximate surface area is 129 Å². The number of hydrogen-bond acceptors (Lipinski definition) is 5. The van der Waals surface area contributed by atoms with Crippen LogP contribution in [-0.4, -0.2) is 26.1 Å². The van der Waals surface area contributed by atoms with E-state index >= 15 is 0 Å². The molecule has 0 saturated heterocycles. The number of non-ortho nitro benzene ring substituents is 1.